The van der Waals surface area contributed by atoms with E-state index in [-0.39, 0.29) is 0 Å². The summed E-state index contributed by atoms with van der Waals surface area (Å²) >= 11 is 0. The van der Waals surface area contributed by atoms with Crippen LogP contribution in [-0.4, -0.2) is 41.6 Å². The molecular formula is C24H42N4. The molecule has 0 aliphatic heterocycles. The molecule has 0 atom stereocenters. The van der Waals surface area contributed by atoms with Crippen molar-refractivity contribution in [2.75, 3.05) is 0 Å². The van der Waals surface area contributed by atoms with Crippen LogP contribution in [0.25, 0.3) is 0 Å². The van der Waals surface area contributed by atoms with Crippen molar-refractivity contribution < 1.29 is 0 Å². The van der Waals surface area contributed by atoms with E-state index in [1.807, 2.05) is 0 Å². The maximum Gasteiger partial charge on any atom is 0.0500 e. The molecule has 28 heavy (non-hydrogen) atoms. The lowest BCUT2D eigenvalue weighted by molar-refractivity contribution is 0.279. The molecule has 4 fully saturated rings. The molecule has 0 radical (unpaired) electrons. The Morgan fingerprint density at radius 3 is 1.57 bits per heavy atom. The third kappa shape index (κ3) is 6.13. The minimum Gasteiger partial charge on any atom is -0.328 e. The molecule has 4 aliphatic rings. The topological polar surface area (TPSA) is 62.8 Å². The Balaban J connectivity index is 1.17. The average Bonchev–Trinajstić information content (AvgIpc) is 2.73. The van der Waals surface area contributed by atoms with E-state index >= 15 is 0 Å². The predicted octanol–water partition coefficient (Wildman–Crippen LogP) is 4.95. The largest absolute Gasteiger partial charge is 0.328 e. The molecule has 4 saturated carbocycles. The van der Waals surface area contributed by atoms with Gasteiger partial charge in [0.15, 0.2) is 0 Å². The quantitative estimate of drug-likeness (QED) is 0.718. The standard InChI is InChI=1S/C24H42N4/c25-18-6-8-20(9-7-18)27-22-14-16-24(17-15-22)28-23-12-10-21(11-13-23)26-19-4-2-1-3-5-19/h18-21,23,26H,1-17,25H2. The first-order valence-corrected chi connectivity index (χ1v) is 12.4. The van der Waals surface area contributed by atoms with Crippen molar-refractivity contribution in [1.82, 2.24) is 5.32 Å². The number of nitrogens with two attached hydrogens (primary N) is 1. The highest BCUT2D eigenvalue weighted by atomic mass is 15.0. The second kappa shape index (κ2) is 10.3. The van der Waals surface area contributed by atoms with Gasteiger partial charge in [0, 0.05) is 41.6 Å². The van der Waals surface area contributed by atoms with Gasteiger partial charge in [-0.15, -0.1) is 0 Å². The first kappa shape index (κ1) is 20.5. The van der Waals surface area contributed by atoms with Crippen LogP contribution in [0.5, 0.6) is 0 Å². The van der Waals surface area contributed by atoms with Crippen molar-refractivity contribution in [2.45, 2.75) is 139 Å². The van der Waals surface area contributed by atoms with Gasteiger partial charge in [-0.3, -0.25) is 9.98 Å². The lowest BCUT2D eigenvalue weighted by Gasteiger charge is -2.33. The molecule has 0 aromatic carbocycles. The fourth-order valence-electron chi connectivity index (χ4n) is 5.81. The molecule has 0 aromatic rings. The summed E-state index contributed by atoms with van der Waals surface area (Å²) in [6.45, 7) is 0. The van der Waals surface area contributed by atoms with Gasteiger partial charge >= 0.3 is 0 Å². The summed E-state index contributed by atoms with van der Waals surface area (Å²) in [7, 11) is 0. The van der Waals surface area contributed by atoms with Crippen molar-refractivity contribution in [1.29, 1.82) is 0 Å². The number of nitrogens with one attached hydrogen (secondary N) is 1. The molecule has 4 aliphatic carbocycles. The molecule has 4 nitrogen and oxygen atoms in total. The fraction of sp³-hybridized carbons (Fsp3) is 0.917. The Hall–Kier alpha value is -0.740. The van der Waals surface area contributed by atoms with Gasteiger partial charge in [0.25, 0.3) is 0 Å². The van der Waals surface area contributed by atoms with Crippen LogP contribution in [0.15, 0.2) is 9.98 Å². The van der Waals surface area contributed by atoms with Gasteiger partial charge in [-0.05, 0) is 89.9 Å². The van der Waals surface area contributed by atoms with E-state index in [0.717, 1.165) is 50.6 Å². The number of hydrogen-bond acceptors (Lipinski definition) is 4. The van der Waals surface area contributed by atoms with Crippen molar-refractivity contribution in [3.8, 4) is 0 Å². The molecule has 3 N–H and O–H groups in total. The van der Waals surface area contributed by atoms with Crippen molar-refractivity contribution >= 4 is 11.4 Å². The lowest BCUT2D eigenvalue weighted by atomic mass is 9.88. The van der Waals surface area contributed by atoms with Crippen LogP contribution in [0.1, 0.15) is 109 Å². The Kier molecular flexibility index (Phi) is 7.58. The van der Waals surface area contributed by atoms with Crippen LogP contribution in [0, 0.1) is 0 Å². The van der Waals surface area contributed by atoms with E-state index in [0.29, 0.717) is 18.1 Å². The van der Waals surface area contributed by atoms with Gasteiger partial charge in [0.2, 0.25) is 0 Å². The van der Waals surface area contributed by atoms with Crippen LogP contribution < -0.4 is 11.1 Å². The van der Waals surface area contributed by atoms with Gasteiger partial charge in [0.05, 0.1) is 0 Å². The average molecular weight is 387 g/mol. The molecule has 4 rings (SSSR count). The number of hydrogen-bond donors (Lipinski definition) is 2. The lowest BCUT2D eigenvalue weighted by Crippen LogP contribution is -2.42. The number of aliphatic imine (C=N–C) groups is 2. The first-order valence-electron chi connectivity index (χ1n) is 12.4. The molecule has 0 unspecified atom stereocenters. The minimum absolute atomic E-state index is 0.425. The van der Waals surface area contributed by atoms with Gasteiger partial charge in [0.1, 0.15) is 0 Å². The highest BCUT2D eigenvalue weighted by molar-refractivity contribution is 5.98. The maximum absolute atomic E-state index is 6.02. The molecule has 4 heteroatoms. The summed E-state index contributed by atoms with van der Waals surface area (Å²) in [5, 5.41) is 3.96. The third-order valence-electron chi connectivity index (χ3n) is 7.65. The zero-order valence-electron chi connectivity index (χ0n) is 17.9. The fourth-order valence-corrected chi connectivity index (χ4v) is 5.81. The molecular weight excluding hydrogens is 344 g/mol. The van der Waals surface area contributed by atoms with Crippen molar-refractivity contribution in [3.63, 3.8) is 0 Å². The monoisotopic (exact) mass is 386 g/mol. The van der Waals surface area contributed by atoms with E-state index in [2.05, 4.69) is 5.32 Å². The van der Waals surface area contributed by atoms with Crippen LogP contribution in [-0.2, 0) is 0 Å². The van der Waals surface area contributed by atoms with Gasteiger partial charge < -0.3 is 11.1 Å². The second-order valence-corrected chi connectivity index (χ2v) is 9.97. The molecule has 0 saturated heterocycles. The summed E-state index contributed by atoms with van der Waals surface area (Å²) in [5.41, 5.74) is 8.96. The summed E-state index contributed by atoms with van der Waals surface area (Å²) in [4.78, 5) is 10.3. The predicted molar refractivity (Wildman–Crippen MR) is 120 cm³/mol. The van der Waals surface area contributed by atoms with Gasteiger partial charge in [-0.2, -0.15) is 0 Å². The van der Waals surface area contributed by atoms with Crippen molar-refractivity contribution in [2.24, 2.45) is 15.7 Å². The van der Waals surface area contributed by atoms with E-state index < -0.39 is 0 Å². The SMILES string of the molecule is NC1CCC(N=C2CCC(=NC3CCC(NC4CCCCC4)CC3)CC2)CC1. The van der Waals surface area contributed by atoms with Crippen LogP contribution >= 0.6 is 0 Å². The van der Waals surface area contributed by atoms with Crippen LogP contribution in [0.2, 0.25) is 0 Å². The molecule has 0 aromatic heterocycles. The third-order valence-corrected chi connectivity index (χ3v) is 7.65. The Labute approximate surface area is 172 Å². The van der Waals surface area contributed by atoms with E-state index in [9.17, 15) is 0 Å². The normalized spacial score (nSPS) is 35.6. The van der Waals surface area contributed by atoms with E-state index in [1.54, 1.807) is 0 Å². The molecule has 0 spiro atoms. The Bertz CT molecular complexity index is 521. The van der Waals surface area contributed by atoms with Crippen molar-refractivity contribution in [3.05, 3.63) is 0 Å². The maximum atomic E-state index is 6.02. The number of rotatable bonds is 4. The Morgan fingerprint density at radius 1 is 0.571 bits per heavy atom. The summed E-state index contributed by atoms with van der Waals surface area (Å²) in [5.74, 6) is 0. The summed E-state index contributed by atoms with van der Waals surface area (Å²) in [6, 6.07) is 3.14. The van der Waals surface area contributed by atoms with Crippen LogP contribution in [0.4, 0.5) is 0 Å². The molecule has 0 heterocycles. The van der Waals surface area contributed by atoms with Gasteiger partial charge in [-0.25, -0.2) is 0 Å². The zero-order valence-corrected chi connectivity index (χ0v) is 17.9. The minimum atomic E-state index is 0.425. The molecule has 158 valence electrons. The molecule has 0 bridgehead atoms. The summed E-state index contributed by atoms with van der Waals surface area (Å²) in [6.07, 6.45) is 21.7. The first-order chi connectivity index (χ1) is 13.7. The smallest absolute Gasteiger partial charge is 0.0500 e. The van der Waals surface area contributed by atoms with E-state index in [4.69, 9.17) is 15.7 Å². The number of nitrogens with zero attached hydrogens (tertiary/aromatic N) is 2. The highest BCUT2D eigenvalue weighted by Crippen LogP contribution is 2.27. The molecule has 0 amide bonds. The van der Waals surface area contributed by atoms with E-state index in [1.165, 1.54) is 82.1 Å². The summed E-state index contributed by atoms with van der Waals surface area (Å²) < 4.78 is 0. The Morgan fingerprint density at radius 2 is 1.04 bits per heavy atom. The highest BCUT2D eigenvalue weighted by Gasteiger charge is 2.25. The zero-order chi connectivity index (χ0) is 19.2. The van der Waals surface area contributed by atoms with Gasteiger partial charge in [-0.1, -0.05) is 19.3 Å². The van der Waals surface area contributed by atoms with Crippen LogP contribution in [0.3, 0.4) is 0 Å². The second-order valence-electron chi connectivity index (χ2n) is 9.97.